The highest BCUT2D eigenvalue weighted by atomic mass is 16.5. The van der Waals surface area contributed by atoms with E-state index in [-0.39, 0.29) is 42.4 Å². The van der Waals surface area contributed by atoms with E-state index in [4.69, 9.17) is 9.47 Å². The molecule has 0 unspecified atom stereocenters. The van der Waals surface area contributed by atoms with Crippen molar-refractivity contribution in [2.45, 2.75) is 58.5 Å². The first-order chi connectivity index (χ1) is 24.1. The van der Waals surface area contributed by atoms with E-state index in [2.05, 4.69) is 35.9 Å². The lowest BCUT2D eigenvalue weighted by Gasteiger charge is -2.38. The molecule has 8 heterocycles. The molecule has 17 heteroatoms. The minimum absolute atomic E-state index is 0.0920. The zero-order valence-corrected chi connectivity index (χ0v) is 28.3. The Labute approximate surface area is 288 Å². The van der Waals surface area contributed by atoms with Gasteiger partial charge in [0.2, 0.25) is 11.8 Å². The first-order valence-electron chi connectivity index (χ1n) is 17.2. The summed E-state index contributed by atoms with van der Waals surface area (Å²) < 4.78 is 11.5. The second-order valence-corrected chi connectivity index (χ2v) is 13.9. The molecule has 2 aromatic rings. The highest BCUT2D eigenvalue weighted by Gasteiger charge is 2.51. The number of carbonyl (C=O) groups excluding carboxylic acids is 4. The Morgan fingerprint density at radius 1 is 0.800 bits per heavy atom. The number of likely N-dealkylation sites (tertiary alicyclic amines) is 3. The van der Waals surface area contributed by atoms with Gasteiger partial charge in [-0.1, -0.05) is 0 Å². The molecule has 0 radical (unpaired) electrons. The third-order valence-corrected chi connectivity index (χ3v) is 11.2. The summed E-state index contributed by atoms with van der Waals surface area (Å²) in [5, 5.41) is 33.0. The van der Waals surface area contributed by atoms with E-state index in [1.807, 2.05) is 0 Å². The summed E-state index contributed by atoms with van der Waals surface area (Å²) >= 11 is 0. The standard InChI is InChI=1S/C20H24N8O4.C13H18N2O3/c1-13-15(11-32-18(13)30)27-9-6-20(19(27)31)4-7-26(8-5-20)10-16(29)14-2-3-17(23-22-14)28-12-21-24-25-28;1-9-10(8-18-11(9)16)15-7-4-13(12(15)17)2-5-14-6-3-13/h2-3,12,16,29H,4-11H2,1H3;14H,2-8H2,1H3/t16-;/m1./s1. The summed E-state index contributed by atoms with van der Waals surface area (Å²) in [6.07, 6.45) is 5.57. The molecule has 0 aromatic carbocycles. The fourth-order valence-electron chi connectivity index (χ4n) is 7.89. The van der Waals surface area contributed by atoms with Gasteiger partial charge in [0.15, 0.2) is 5.82 Å². The van der Waals surface area contributed by atoms with Crippen molar-refractivity contribution in [2.24, 2.45) is 10.8 Å². The Kier molecular flexibility index (Phi) is 9.21. The van der Waals surface area contributed by atoms with E-state index in [0.29, 0.717) is 54.5 Å². The van der Waals surface area contributed by atoms with Gasteiger partial charge < -0.3 is 34.6 Å². The van der Waals surface area contributed by atoms with Crippen molar-refractivity contribution in [3.8, 4) is 5.82 Å². The zero-order valence-electron chi connectivity index (χ0n) is 28.3. The minimum Gasteiger partial charge on any atom is -0.456 e. The fourth-order valence-corrected chi connectivity index (χ4v) is 7.89. The van der Waals surface area contributed by atoms with Gasteiger partial charge in [-0.3, -0.25) is 9.59 Å². The van der Waals surface area contributed by atoms with Crippen molar-refractivity contribution in [1.82, 2.24) is 50.4 Å². The topological polar surface area (TPSA) is 198 Å². The van der Waals surface area contributed by atoms with E-state index < -0.39 is 11.5 Å². The molecule has 2 spiro atoms. The monoisotopic (exact) mass is 690 g/mol. The van der Waals surface area contributed by atoms with Crippen LogP contribution in [0.5, 0.6) is 0 Å². The first kappa shape index (κ1) is 33.9. The van der Waals surface area contributed by atoms with Gasteiger partial charge in [-0.15, -0.1) is 10.2 Å². The summed E-state index contributed by atoms with van der Waals surface area (Å²) in [5.74, 6) is 0.122. The average molecular weight is 691 g/mol. The maximum atomic E-state index is 13.2. The lowest BCUT2D eigenvalue weighted by molar-refractivity contribution is -0.138. The molecule has 6 aliphatic rings. The molecule has 2 amide bonds. The summed E-state index contributed by atoms with van der Waals surface area (Å²) in [7, 11) is 0. The molecule has 17 nitrogen and oxygen atoms in total. The van der Waals surface area contributed by atoms with E-state index in [1.165, 1.54) is 11.0 Å². The van der Waals surface area contributed by atoms with Crippen molar-refractivity contribution in [3.05, 3.63) is 46.7 Å². The Morgan fingerprint density at radius 3 is 1.84 bits per heavy atom. The van der Waals surface area contributed by atoms with Crippen LogP contribution in [0.3, 0.4) is 0 Å². The molecule has 4 fully saturated rings. The zero-order chi connectivity index (χ0) is 35.0. The Bertz CT molecular complexity index is 1710. The van der Waals surface area contributed by atoms with Crippen LogP contribution in [0.2, 0.25) is 0 Å². The largest absolute Gasteiger partial charge is 0.456 e. The number of tetrazole rings is 1. The number of hydrogen-bond acceptors (Lipinski definition) is 14. The van der Waals surface area contributed by atoms with Gasteiger partial charge in [-0.25, -0.2) is 9.59 Å². The van der Waals surface area contributed by atoms with Crippen LogP contribution < -0.4 is 5.32 Å². The molecule has 266 valence electrons. The number of aliphatic hydroxyl groups is 1. The van der Waals surface area contributed by atoms with Gasteiger partial charge in [0.25, 0.3) is 0 Å². The average Bonchev–Trinajstić information content (AvgIpc) is 3.97. The number of nitrogens with zero attached hydrogens (tertiary/aromatic N) is 9. The third kappa shape index (κ3) is 6.17. The number of amides is 2. The van der Waals surface area contributed by atoms with Crippen molar-refractivity contribution in [2.75, 3.05) is 59.0 Å². The number of piperidine rings is 2. The number of rotatable bonds is 6. The number of cyclic esters (lactones) is 2. The normalized spacial score (nSPS) is 24.0. The predicted molar refractivity (Wildman–Crippen MR) is 172 cm³/mol. The number of carbonyl (C=O) groups is 4. The molecular formula is C33H42N10O7. The quantitative estimate of drug-likeness (QED) is 0.386. The van der Waals surface area contributed by atoms with E-state index in [1.54, 1.807) is 35.8 Å². The van der Waals surface area contributed by atoms with Gasteiger partial charge in [0, 0.05) is 19.6 Å². The maximum Gasteiger partial charge on any atom is 0.336 e. The number of nitrogens with one attached hydrogen (secondary N) is 1. The molecule has 50 heavy (non-hydrogen) atoms. The number of β-amino-alcohol motifs (C(OH)–C–C–N with tert-alkyl or cyclic N) is 1. The second kappa shape index (κ2) is 13.6. The number of esters is 2. The third-order valence-electron chi connectivity index (χ3n) is 11.2. The molecule has 0 saturated carbocycles. The Balaban J connectivity index is 0.000000184. The number of ether oxygens (including phenoxy) is 2. The van der Waals surface area contributed by atoms with Crippen LogP contribution in [0.1, 0.15) is 64.2 Å². The van der Waals surface area contributed by atoms with Crippen molar-refractivity contribution < 1.29 is 33.8 Å². The van der Waals surface area contributed by atoms with Crippen LogP contribution in [-0.2, 0) is 28.7 Å². The molecular weight excluding hydrogens is 648 g/mol. The maximum absolute atomic E-state index is 13.2. The van der Waals surface area contributed by atoms with Crippen LogP contribution in [-0.4, -0.2) is 133 Å². The Morgan fingerprint density at radius 2 is 1.36 bits per heavy atom. The van der Waals surface area contributed by atoms with Crippen LogP contribution >= 0.6 is 0 Å². The van der Waals surface area contributed by atoms with E-state index in [0.717, 1.165) is 63.9 Å². The second-order valence-electron chi connectivity index (χ2n) is 13.9. The predicted octanol–water partition coefficient (Wildman–Crippen LogP) is 0.0503. The summed E-state index contributed by atoms with van der Waals surface area (Å²) in [6, 6.07) is 3.41. The van der Waals surface area contributed by atoms with E-state index >= 15 is 0 Å². The van der Waals surface area contributed by atoms with Gasteiger partial charge in [0.05, 0.1) is 39.1 Å². The van der Waals surface area contributed by atoms with E-state index in [9.17, 15) is 24.3 Å². The van der Waals surface area contributed by atoms with Crippen LogP contribution in [0, 0.1) is 10.8 Å². The van der Waals surface area contributed by atoms with Crippen LogP contribution in [0.4, 0.5) is 0 Å². The van der Waals surface area contributed by atoms with Crippen molar-refractivity contribution in [1.29, 1.82) is 0 Å². The number of hydrogen-bond donors (Lipinski definition) is 2. The molecule has 2 N–H and O–H groups in total. The molecule has 6 aliphatic heterocycles. The summed E-state index contributed by atoms with van der Waals surface area (Å²) in [4.78, 5) is 54.6. The highest BCUT2D eigenvalue weighted by Crippen LogP contribution is 2.44. The van der Waals surface area contributed by atoms with Gasteiger partial charge >= 0.3 is 11.9 Å². The highest BCUT2D eigenvalue weighted by molar-refractivity contribution is 5.95. The number of aliphatic hydroxyl groups excluding tert-OH is 1. The molecule has 2 aromatic heterocycles. The molecule has 0 aliphatic carbocycles. The SMILES string of the molecule is CC1=C(N2CCC3(CCN(C[C@@H](O)c4ccc(-n5cnnn5)nn4)CC3)C2=O)COC1=O.CC1=C(N2CCC3(CCNCC3)C2=O)COC1=O. The number of aromatic nitrogens is 6. The lowest BCUT2D eigenvalue weighted by Crippen LogP contribution is -2.45. The summed E-state index contributed by atoms with van der Waals surface area (Å²) in [6.45, 7) is 8.88. The van der Waals surface area contributed by atoms with Gasteiger partial charge in [0.1, 0.15) is 25.6 Å². The smallest absolute Gasteiger partial charge is 0.336 e. The molecule has 0 bridgehead atoms. The molecule has 1 atom stereocenters. The Hall–Kier alpha value is -4.61. The van der Waals surface area contributed by atoms with Crippen molar-refractivity contribution >= 4 is 23.8 Å². The minimum atomic E-state index is -0.787. The summed E-state index contributed by atoms with van der Waals surface area (Å²) in [5.41, 5.74) is 2.49. The fraction of sp³-hybridized carbons (Fsp3) is 0.606. The molecule has 4 saturated heterocycles. The van der Waals surface area contributed by atoms with Crippen LogP contribution in [0.15, 0.2) is 41.0 Å². The lowest BCUT2D eigenvalue weighted by atomic mass is 9.77. The van der Waals surface area contributed by atoms with Crippen LogP contribution in [0.25, 0.3) is 5.82 Å². The van der Waals surface area contributed by atoms with Crippen molar-refractivity contribution in [3.63, 3.8) is 0 Å². The van der Waals surface area contributed by atoms with Gasteiger partial charge in [-0.2, -0.15) is 9.78 Å². The molecule has 8 rings (SSSR count). The van der Waals surface area contributed by atoms with Gasteiger partial charge in [-0.05, 0) is 101 Å². The first-order valence-corrected chi connectivity index (χ1v) is 17.2.